The zero-order valence-corrected chi connectivity index (χ0v) is 13.7. The van der Waals surface area contributed by atoms with E-state index in [-0.39, 0.29) is 12.1 Å². The van der Waals surface area contributed by atoms with Gasteiger partial charge in [-0.05, 0) is 33.6 Å². The van der Waals surface area contributed by atoms with Crippen LogP contribution in [0.15, 0.2) is 12.4 Å². The van der Waals surface area contributed by atoms with Crippen molar-refractivity contribution in [3.05, 3.63) is 12.4 Å². The molecule has 1 amide bonds. The van der Waals surface area contributed by atoms with Crippen LogP contribution in [-0.4, -0.2) is 48.1 Å². The number of nitrogens with one attached hydrogen (secondary N) is 1. The van der Waals surface area contributed by atoms with Crippen LogP contribution in [0.4, 0.5) is 10.7 Å². The Morgan fingerprint density at radius 3 is 2.64 bits per heavy atom. The van der Waals surface area contributed by atoms with E-state index in [9.17, 15) is 4.79 Å². The van der Waals surface area contributed by atoms with E-state index in [1.807, 2.05) is 20.8 Å². The molecule has 1 aliphatic heterocycles. The molecule has 0 bridgehead atoms. The van der Waals surface area contributed by atoms with E-state index in [4.69, 9.17) is 12.6 Å². The second-order valence-corrected chi connectivity index (χ2v) is 6.61. The summed E-state index contributed by atoms with van der Waals surface area (Å²) in [5.41, 5.74) is 0.0477. The van der Waals surface area contributed by atoms with Gasteiger partial charge in [-0.1, -0.05) is 12.4 Å². The number of alkyl carbamates (subject to hydrolysis) is 1. The fourth-order valence-corrected chi connectivity index (χ4v) is 2.61. The molecule has 1 fully saturated rings. The number of hydrogen-bond acceptors (Lipinski definition) is 5. The number of carbonyl (C=O) groups excluding carboxylic acids is 1. The highest BCUT2D eigenvalue weighted by Crippen LogP contribution is 2.24. The van der Waals surface area contributed by atoms with E-state index < -0.39 is 5.60 Å². The summed E-state index contributed by atoms with van der Waals surface area (Å²) in [5, 5.41) is 2.93. The van der Waals surface area contributed by atoms with Gasteiger partial charge in [-0.25, -0.2) is 14.8 Å². The Morgan fingerprint density at radius 1 is 1.45 bits per heavy atom. The zero-order chi connectivity index (χ0) is 16.3. The molecule has 0 aliphatic carbocycles. The average molecular weight is 302 g/mol. The van der Waals surface area contributed by atoms with Crippen LogP contribution in [0.1, 0.15) is 40.5 Å². The molecule has 2 rings (SSSR count). The molecule has 1 N–H and O–H groups in total. The molecule has 2 heterocycles. The summed E-state index contributed by atoms with van der Waals surface area (Å²) in [6.45, 7) is 8.34. The summed E-state index contributed by atoms with van der Waals surface area (Å²) >= 11 is 0. The van der Waals surface area contributed by atoms with Gasteiger partial charge in [0.25, 0.3) is 0 Å². The lowest BCUT2D eigenvalue weighted by atomic mass is 10.0. The maximum absolute atomic E-state index is 11.9. The maximum Gasteiger partial charge on any atom is 0.407 e. The molecule has 6 nitrogen and oxygen atoms in total. The molecular formula is C15H23BN4O2. The van der Waals surface area contributed by atoms with Gasteiger partial charge in [0.1, 0.15) is 13.4 Å². The van der Waals surface area contributed by atoms with E-state index in [0.29, 0.717) is 24.0 Å². The summed E-state index contributed by atoms with van der Waals surface area (Å²) in [6.07, 6.45) is 4.63. The van der Waals surface area contributed by atoms with Crippen molar-refractivity contribution in [3.63, 3.8) is 0 Å². The molecule has 0 aromatic carbocycles. The predicted molar refractivity (Wildman–Crippen MR) is 86.6 cm³/mol. The molecule has 0 saturated carbocycles. The highest BCUT2D eigenvalue weighted by Gasteiger charge is 2.34. The van der Waals surface area contributed by atoms with Gasteiger partial charge in [-0.2, -0.15) is 0 Å². The van der Waals surface area contributed by atoms with Crippen molar-refractivity contribution in [2.45, 2.75) is 58.2 Å². The van der Waals surface area contributed by atoms with Crippen molar-refractivity contribution in [2.24, 2.45) is 0 Å². The van der Waals surface area contributed by atoms with Gasteiger partial charge < -0.3 is 15.0 Å². The third-order valence-corrected chi connectivity index (χ3v) is 3.52. The predicted octanol–water partition coefficient (Wildman–Crippen LogP) is 1.15. The maximum atomic E-state index is 11.9. The third kappa shape index (κ3) is 4.35. The van der Waals surface area contributed by atoms with Crippen LogP contribution in [0.2, 0.25) is 0 Å². The molecule has 2 atom stereocenters. The van der Waals surface area contributed by atoms with E-state index in [2.05, 4.69) is 27.1 Å². The van der Waals surface area contributed by atoms with E-state index >= 15 is 0 Å². The van der Waals surface area contributed by atoms with Crippen LogP contribution in [0.3, 0.4) is 0 Å². The average Bonchev–Trinajstić information content (AvgIpc) is 2.80. The van der Waals surface area contributed by atoms with Crippen molar-refractivity contribution in [1.82, 2.24) is 15.3 Å². The molecule has 2 radical (unpaired) electrons. The first-order chi connectivity index (χ1) is 10.3. The van der Waals surface area contributed by atoms with Gasteiger partial charge >= 0.3 is 6.09 Å². The monoisotopic (exact) mass is 302 g/mol. The lowest BCUT2D eigenvalue weighted by Gasteiger charge is -2.23. The van der Waals surface area contributed by atoms with Crippen molar-refractivity contribution < 1.29 is 9.53 Å². The van der Waals surface area contributed by atoms with Crippen molar-refractivity contribution >= 4 is 25.4 Å². The summed E-state index contributed by atoms with van der Waals surface area (Å²) in [5.74, 6) is 0.648. The zero-order valence-electron chi connectivity index (χ0n) is 13.7. The number of aromatic nitrogens is 2. The van der Waals surface area contributed by atoms with Crippen LogP contribution in [0, 0.1) is 0 Å². The van der Waals surface area contributed by atoms with Gasteiger partial charge in [0, 0.05) is 25.0 Å². The van der Waals surface area contributed by atoms with Crippen molar-refractivity contribution in [1.29, 1.82) is 0 Å². The minimum atomic E-state index is -0.493. The third-order valence-electron chi connectivity index (χ3n) is 3.52. The van der Waals surface area contributed by atoms with Crippen LogP contribution in [0.5, 0.6) is 0 Å². The van der Waals surface area contributed by atoms with Crippen LogP contribution >= 0.6 is 0 Å². The van der Waals surface area contributed by atoms with Crippen LogP contribution < -0.4 is 15.7 Å². The molecule has 1 aliphatic rings. The van der Waals surface area contributed by atoms with Crippen LogP contribution in [-0.2, 0) is 4.74 Å². The molecular weight excluding hydrogens is 279 g/mol. The second-order valence-electron chi connectivity index (χ2n) is 6.61. The van der Waals surface area contributed by atoms with Gasteiger partial charge in [-0.15, -0.1) is 0 Å². The highest BCUT2D eigenvalue weighted by molar-refractivity contribution is 6.31. The lowest BCUT2D eigenvalue weighted by Crippen LogP contribution is -2.40. The smallest absolute Gasteiger partial charge is 0.407 e. The minimum absolute atomic E-state index is 0.0287. The number of rotatable bonds is 3. The first-order valence-electron chi connectivity index (χ1n) is 7.62. The SMILES string of the molecule is [B]c1cnc(N2C[C@@H](NC(=O)OC(C)(C)C)C[C@H]2CC)nc1. The van der Waals surface area contributed by atoms with Crippen LogP contribution in [0.25, 0.3) is 0 Å². The largest absolute Gasteiger partial charge is 0.444 e. The number of amides is 1. The standard InChI is InChI=1S/C15H23BN4O2/c1-5-12-6-11(19-14(21)22-15(2,3)4)9-20(12)13-17-7-10(16)8-18-13/h7-8,11-12H,5-6,9H2,1-4H3,(H,19,21)/t11-,12+/m0/s1. The summed E-state index contributed by atoms with van der Waals surface area (Å²) in [4.78, 5) is 22.6. The van der Waals surface area contributed by atoms with E-state index in [1.165, 1.54) is 0 Å². The Bertz CT molecular complexity index is 515. The Hall–Kier alpha value is -1.79. The topological polar surface area (TPSA) is 67.4 Å². The summed E-state index contributed by atoms with van der Waals surface area (Å²) < 4.78 is 5.31. The van der Waals surface area contributed by atoms with Gasteiger partial charge in [0.05, 0.1) is 6.04 Å². The summed E-state index contributed by atoms with van der Waals surface area (Å²) in [6, 6.07) is 0.324. The van der Waals surface area contributed by atoms with Gasteiger partial charge in [0.15, 0.2) is 0 Å². The minimum Gasteiger partial charge on any atom is -0.444 e. The Morgan fingerprint density at radius 2 is 2.09 bits per heavy atom. The number of ether oxygens (including phenoxy) is 1. The number of anilines is 1. The molecule has 7 heteroatoms. The Kier molecular flexibility index (Phi) is 4.93. The molecule has 1 aromatic rings. The molecule has 118 valence electrons. The van der Waals surface area contributed by atoms with Gasteiger partial charge in [0.2, 0.25) is 5.95 Å². The number of hydrogen-bond donors (Lipinski definition) is 1. The highest BCUT2D eigenvalue weighted by atomic mass is 16.6. The fourth-order valence-electron chi connectivity index (χ4n) is 2.61. The lowest BCUT2D eigenvalue weighted by molar-refractivity contribution is 0.0508. The van der Waals surface area contributed by atoms with E-state index in [1.54, 1.807) is 12.4 Å². The summed E-state index contributed by atoms with van der Waals surface area (Å²) in [7, 11) is 5.63. The molecule has 0 spiro atoms. The number of carbonyl (C=O) groups is 1. The first kappa shape index (κ1) is 16.6. The van der Waals surface area contributed by atoms with E-state index in [0.717, 1.165) is 12.8 Å². The van der Waals surface area contributed by atoms with Gasteiger partial charge in [-0.3, -0.25) is 0 Å². The fraction of sp³-hybridized carbons (Fsp3) is 0.667. The quantitative estimate of drug-likeness (QED) is 0.849. The van der Waals surface area contributed by atoms with Crippen molar-refractivity contribution in [2.75, 3.05) is 11.4 Å². The normalized spacial score (nSPS) is 21.7. The first-order valence-corrected chi connectivity index (χ1v) is 7.62. The molecule has 0 unspecified atom stereocenters. The molecule has 1 saturated heterocycles. The number of nitrogens with zero attached hydrogens (tertiary/aromatic N) is 3. The molecule has 22 heavy (non-hydrogen) atoms. The Labute approximate surface area is 133 Å². The molecule has 1 aromatic heterocycles. The second kappa shape index (κ2) is 6.54. The van der Waals surface area contributed by atoms with Crippen molar-refractivity contribution in [3.8, 4) is 0 Å². The Balaban J connectivity index is 2.00.